The Bertz CT molecular complexity index is 1860. The summed E-state index contributed by atoms with van der Waals surface area (Å²) in [6, 6.07) is 9.50. The molecule has 13 heteroatoms. The zero-order valence-electron chi connectivity index (χ0n) is 22.6. The number of anilines is 2. The average Bonchev–Trinajstić information content (AvgIpc) is 3.39. The molecule has 3 aromatic carbocycles. The van der Waals surface area contributed by atoms with E-state index in [-0.39, 0.29) is 48.9 Å². The summed E-state index contributed by atoms with van der Waals surface area (Å²) in [5.41, 5.74) is -5.20. The Labute approximate surface area is 237 Å². The van der Waals surface area contributed by atoms with Crippen LogP contribution in [0.25, 0.3) is 10.9 Å². The summed E-state index contributed by atoms with van der Waals surface area (Å²) >= 11 is 6.34. The number of carbonyl (C=O) groups is 2. The number of aromatic nitrogens is 1. The first-order valence-electron chi connectivity index (χ1n) is 13.0. The van der Waals surface area contributed by atoms with Crippen molar-refractivity contribution in [3.63, 3.8) is 0 Å². The molecule has 2 aliphatic rings. The minimum Gasteiger partial charge on any atom is -0.390 e. The van der Waals surface area contributed by atoms with Gasteiger partial charge in [0.15, 0.2) is 0 Å². The van der Waals surface area contributed by atoms with Crippen molar-refractivity contribution in [2.24, 2.45) is 0 Å². The van der Waals surface area contributed by atoms with E-state index in [4.69, 9.17) is 14.3 Å². The van der Waals surface area contributed by atoms with Gasteiger partial charge in [0.1, 0.15) is 5.82 Å². The molecule has 1 aromatic heterocycles. The first-order valence-corrected chi connectivity index (χ1v) is 12.4. The maximum atomic E-state index is 14.3. The number of hydrogen-bond acceptors (Lipinski definition) is 5. The zero-order valence-corrected chi connectivity index (χ0v) is 21.3. The molecule has 0 saturated heterocycles. The minimum absolute atomic E-state index is 0.00764. The van der Waals surface area contributed by atoms with Crippen LogP contribution in [0.2, 0.25) is 5.02 Å². The monoisotopic (exact) mass is 588 g/mol. The largest absolute Gasteiger partial charge is 0.423 e. The molecule has 8 nitrogen and oxygen atoms in total. The lowest BCUT2D eigenvalue weighted by atomic mass is 9.93. The Balaban J connectivity index is 1.54. The highest BCUT2D eigenvalue weighted by Crippen LogP contribution is 2.49. The maximum absolute atomic E-state index is 14.3. The lowest BCUT2D eigenvalue weighted by Gasteiger charge is -2.27. The predicted octanol–water partition coefficient (Wildman–Crippen LogP) is 5.15. The smallest absolute Gasteiger partial charge is 0.390 e. The average molecular weight is 589 g/mol. The summed E-state index contributed by atoms with van der Waals surface area (Å²) in [5.74, 6) is -1.34. The third kappa shape index (κ3) is 4.17. The van der Waals surface area contributed by atoms with Crippen LogP contribution in [0.3, 0.4) is 0 Å². The van der Waals surface area contributed by atoms with Crippen molar-refractivity contribution >= 4 is 45.8 Å². The van der Waals surface area contributed by atoms with E-state index in [1.54, 1.807) is 0 Å². The van der Waals surface area contributed by atoms with E-state index in [9.17, 15) is 37.4 Å². The Morgan fingerprint density at radius 2 is 1.98 bits per heavy atom. The van der Waals surface area contributed by atoms with E-state index in [1.165, 1.54) is 30.3 Å². The van der Waals surface area contributed by atoms with Crippen molar-refractivity contribution in [1.29, 1.82) is 0 Å². The number of nitrogens with zero attached hydrogens (tertiary/aromatic N) is 2. The number of amides is 3. The number of aliphatic hydroxyl groups is 2. The van der Waals surface area contributed by atoms with Crippen molar-refractivity contribution in [2.75, 3.05) is 16.7 Å². The number of urea groups is 1. The topological polar surface area (TPSA) is 115 Å². The van der Waals surface area contributed by atoms with Gasteiger partial charge >= 0.3 is 12.2 Å². The molecule has 3 amide bonds. The standard InChI is InChI=1S/C28H19ClF4N4O4/c29-18-8-5-13(30)9-16(18)24-23-20(10-19-15(22(23)25(39)36-24)7-6-14(11-38)34-19)35-26(40)37-12-27(41,28(31,32)33)17-3-1-2-4-21(17)37/h1-10,24,38,41H,11-12H2,(H,35,40)(H,36,39)/i12D2. The number of halogens is 5. The molecule has 210 valence electrons. The van der Waals surface area contributed by atoms with Crippen LogP contribution in [0, 0.1) is 5.82 Å². The third-order valence-electron chi connectivity index (χ3n) is 6.98. The number of rotatable bonds is 3. The molecule has 4 aromatic rings. The van der Waals surface area contributed by atoms with Crippen LogP contribution in [0.1, 0.15) is 41.5 Å². The van der Waals surface area contributed by atoms with Gasteiger partial charge in [-0.2, -0.15) is 13.2 Å². The minimum atomic E-state index is -5.52. The van der Waals surface area contributed by atoms with Gasteiger partial charge in [-0.3, -0.25) is 14.7 Å². The molecule has 2 atom stereocenters. The summed E-state index contributed by atoms with van der Waals surface area (Å²) in [4.78, 5) is 31.5. The molecule has 0 spiro atoms. The molecule has 4 N–H and O–H groups in total. The van der Waals surface area contributed by atoms with Crippen molar-refractivity contribution < 1.29 is 40.1 Å². The number of carbonyl (C=O) groups excluding carboxylic acids is 2. The van der Waals surface area contributed by atoms with E-state index >= 15 is 0 Å². The highest BCUT2D eigenvalue weighted by Gasteiger charge is 2.61. The molecular formula is C28H19ClF4N4O4. The van der Waals surface area contributed by atoms with Gasteiger partial charge in [-0.05, 0) is 36.4 Å². The van der Waals surface area contributed by atoms with Crippen LogP contribution < -0.4 is 15.5 Å². The second-order valence-corrected chi connectivity index (χ2v) is 9.82. The van der Waals surface area contributed by atoms with Gasteiger partial charge in [0, 0.05) is 27.1 Å². The van der Waals surface area contributed by atoms with Gasteiger partial charge in [0.25, 0.3) is 5.91 Å². The van der Waals surface area contributed by atoms with Gasteiger partial charge in [0.2, 0.25) is 5.60 Å². The Morgan fingerprint density at radius 1 is 1.22 bits per heavy atom. The summed E-state index contributed by atoms with van der Waals surface area (Å²) in [5, 5.41) is 25.8. The molecular weight excluding hydrogens is 568 g/mol. The molecule has 0 bridgehead atoms. The molecule has 2 aliphatic heterocycles. The lowest BCUT2D eigenvalue weighted by Crippen LogP contribution is -2.48. The third-order valence-corrected chi connectivity index (χ3v) is 7.32. The zero-order chi connectivity index (χ0) is 31.1. The molecule has 6 rings (SSSR count). The van der Waals surface area contributed by atoms with E-state index < -0.39 is 59.9 Å². The second kappa shape index (κ2) is 9.40. The summed E-state index contributed by atoms with van der Waals surface area (Å²) < 4.78 is 73.5. The fourth-order valence-corrected chi connectivity index (χ4v) is 5.34. The maximum Gasteiger partial charge on any atom is 0.423 e. The van der Waals surface area contributed by atoms with E-state index in [0.717, 1.165) is 30.3 Å². The van der Waals surface area contributed by atoms with Crippen LogP contribution >= 0.6 is 11.6 Å². The number of benzene rings is 3. The first-order chi connectivity index (χ1) is 20.2. The highest BCUT2D eigenvalue weighted by molar-refractivity contribution is 6.31. The van der Waals surface area contributed by atoms with Crippen LogP contribution in [-0.2, 0) is 12.2 Å². The van der Waals surface area contributed by atoms with Crippen LogP contribution in [0.15, 0.2) is 60.7 Å². The highest BCUT2D eigenvalue weighted by atomic mass is 35.5. The molecule has 2 unspecified atom stereocenters. The lowest BCUT2D eigenvalue weighted by molar-refractivity contribution is -0.258. The van der Waals surface area contributed by atoms with Crippen LogP contribution in [-0.4, -0.2) is 39.8 Å². The van der Waals surface area contributed by atoms with Gasteiger partial charge in [-0.1, -0.05) is 35.9 Å². The predicted molar refractivity (Wildman–Crippen MR) is 141 cm³/mol. The van der Waals surface area contributed by atoms with Crippen LogP contribution in [0.4, 0.5) is 33.7 Å². The Morgan fingerprint density at radius 3 is 2.71 bits per heavy atom. The van der Waals surface area contributed by atoms with E-state index in [2.05, 4.69) is 15.6 Å². The quantitative estimate of drug-likeness (QED) is 0.247. The molecule has 0 saturated carbocycles. The van der Waals surface area contributed by atoms with Gasteiger partial charge in [-0.25, -0.2) is 9.18 Å². The summed E-state index contributed by atoms with van der Waals surface area (Å²) in [7, 11) is 0. The van der Waals surface area contributed by atoms with Crippen molar-refractivity contribution in [1.82, 2.24) is 10.3 Å². The number of alkyl halides is 3. The molecule has 0 radical (unpaired) electrons. The fraction of sp³-hybridized carbons (Fsp3) is 0.179. The number of nitrogens with one attached hydrogen (secondary N) is 2. The number of hydrogen-bond donors (Lipinski definition) is 4. The number of aliphatic hydroxyl groups excluding tert-OH is 1. The van der Waals surface area contributed by atoms with Gasteiger partial charge in [-0.15, -0.1) is 0 Å². The fourth-order valence-electron chi connectivity index (χ4n) is 5.12. The van der Waals surface area contributed by atoms with Crippen molar-refractivity contribution in [2.45, 2.75) is 24.4 Å². The Kier molecular flexibility index (Phi) is 5.62. The summed E-state index contributed by atoms with van der Waals surface area (Å²) in [6.07, 6.45) is -5.52. The number of para-hydroxylation sites is 1. The molecule has 41 heavy (non-hydrogen) atoms. The van der Waals surface area contributed by atoms with E-state index in [0.29, 0.717) is 0 Å². The van der Waals surface area contributed by atoms with Crippen molar-refractivity contribution in [3.8, 4) is 0 Å². The Hall–Kier alpha value is -4.26. The van der Waals surface area contributed by atoms with E-state index in [1.807, 2.05) is 0 Å². The number of pyridine rings is 1. The number of fused-ring (bicyclic) bond motifs is 4. The molecule has 3 heterocycles. The normalized spacial score (nSPS) is 21.7. The van der Waals surface area contributed by atoms with Crippen molar-refractivity contribution in [3.05, 3.63) is 99.5 Å². The van der Waals surface area contributed by atoms with Gasteiger partial charge in [0.05, 0.1) is 50.0 Å². The van der Waals surface area contributed by atoms with Gasteiger partial charge < -0.3 is 20.8 Å². The second-order valence-electron chi connectivity index (χ2n) is 9.42. The first kappa shape index (κ1) is 24.5. The summed E-state index contributed by atoms with van der Waals surface area (Å²) in [6.45, 7) is -4.19. The van der Waals surface area contributed by atoms with Crippen LogP contribution in [0.5, 0.6) is 0 Å². The molecule has 0 aliphatic carbocycles. The number of β-amino-alcohol motifs (C(OH)–C–C–N with tert-alkyl or cyclic N) is 1. The SMILES string of the molecule is [2H]C1([2H])N(C(=O)Nc2cc3nc(CO)ccc3c3c2C(c2cc(F)ccc2Cl)NC3=O)c2ccccc2C1(O)C(F)(F)F. The molecule has 0 fully saturated rings.